The van der Waals surface area contributed by atoms with Crippen molar-refractivity contribution in [2.75, 3.05) is 11.9 Å². The minimum atomic E-state index is 0.139. The molecule has 0 aromatic heterocycles. The van der Waals surface area contributed by atoms with E-state index in [9.17, 15) is 5.11 Å². The molecule has 0 amide bonds. The van der Waals surface area contributed by atoms with E-state index in [0.717, 1.165) is 15.7 Å². The van der Waals surface area contributed by atoms with Crippen LogP contribution in [0.2, 0.25) is 0 Å². The molecule has 0 unspecified atom stereocenters. The van der Waals surface area contributed by atoms with E-state index in [2.05, 4.69) is 27.3 Å². The number of aromatic hydroxyl groups is 1. The number of anilines is 1. The maximum Gasteiger partial charge on any atom is 0.161 e. The molecule has 4 nitrogen and oxygen atoms in total. The van der Waals surface area contributed by atoms with Gasteiger partial charge in [-0.3, -0.25) is 0 Å². The third kappa shape index (κ3) is 3.89. The van der Waals surface area contributed by atoms with Crippen LogP contribution in [0.15, 0.2) is 40.9 Å². The lowest BCUT2D eigenvalue weighted by Crippen LogP contribution is -2.01. The highest BCUT2D eigenvalue weighted by Gasteiger charge is 2.05. The Morgan fingerprint density at radius 1 is 1.29 bits per heavy atom. The third-order valence-electron chi connectivity index (χ3n) is 2.91. The zero-order chi connectivity index (χ0) is 15.2. The van der Waals surface area contributed by atoms with E-state index < -0.39 is 0 Å². The van der Waals surface area contributed by atoms with Crippen molar-refractivity contribution in [3.05, 3.63) is 52.0 Å². The Kier molecular flexibility index (Phi) is 5.07. The molecule has 0 aliphatic carbocycles. The summed E-state index contributed by atoms with van der Waals surface area (Å²) in [5.41, 5.74) is 2.50. The normalized spacial score (nSPS) is 9.95. The SMILES string of the molecule is CCOc1cc(CNc2ccc(C#N)cc2Br)ccc1O. The van der Waals surface area contributed by atoms with Gasteiger partial charge in [0, 0.05) is 16.7 Å². The summed E-state index contributed by atoms with van der Waals surface area (Å²) >= 11 is 3.43. The van der Waals surface area contributed by atoms with Crippen LogP contribution in [-0.4, -0.2) is 11.7 Å². The Balaban J connectivity index is 2.10. The van der Waals surface area contributed by atoms with E-state index in [4.69, 9.17) is 10.00 Å². The first kappa shape index (κ1) is 15.2. The molecule has 0 heterocycles. The predicted octanol–water partition coefficient (Wildman–Crippen LogP) is 4.04. The van der Waals surface area contributed by atoms with Gasteiger partial charge in [0.05, 0.1) is 18.2 Å². The second kappa shape index (κ2) is 7.00. The monoisotopic (exact) mass is 346 g/mol. The molecular formula is C16H15BrN2O2. The number of ether oxygens (including phenoxy) is 1. The van der Waals surface area contributed by atoms with Crippen LogP contribution in [0.3, 0.4) is 0 Å². The van der Waals surface area contributed by atoms with E-state index in [1.54, 1.807) is 18.2 Å². The molecule has 0 bridgehead atoms. The lowest BCUT2D eigenvalue weighted by atomic mass is 10.2. The minimum Gasteiger partial charge on any atom is -0.504 e. The summed E-state index contributed by atoms with van der Waals surface area (Å²) in [7, 11) is 0. The quantitative estimate of drug-likeness (QED) is 0.857. The largest absolute Gasteiger partial charge is 0.504 e. The van der Waals surface area contributed by atoms with Crippen LogP contribution in [0, 0.1) is 11.3 Å². The van der Waals surface area contributed by atoms with E-state index in [1.165, 1.54) is 0 Å². The van der Waals surface area contributed by atoms with Crippen molar-refractivity contribution < 1.29 is 9.84 Å². The molecule has 0 saturated heterocycles. The molecule has 0 saturated carbocycles. The summed E-state index contributed by atoms with van der Waals surface area (Å²) in [6.07, 6.45) is 0. The summed E-state index contributed by atoms with van der Waals surface area (Å²) < 4.78 is 6.20. The van der Waals surface area contributed by atoms with Crippen LogP contribution >= 0.6 is 15.9 Å². The van der Waals surface area contributed by atoms with Gasteiger partial charge in [-0.1, -0.05) is 6.07 Å². The molecule has 0 aliphatic rings. The van der Waals surface area contributed by atoms with Gasteiger partial charge in [-0.15, -0.1) is 0 Å². The van der Waals surface area contributed by atoms with Crippen molar-refractivity contribution >= 4 is 21.6 Å². The number of halogens is 1. The first-order valence-corrected chi connectivity index (χ1v) is 7.31. The number of rotatable bonds is 5. The summed E-state index contributed by atoms with van der Waals surface area (Å²) in [5, 5.41) is 21.8. The van der Waals surface area contributed by atoms with Gasteiger partial charge >= 0.3 is 0 Å². The standard InChI is InChI=1S/C16H15BrN2O2/c1-2-21-16-8-12(4-6-15(16)20)10-19-14-5-3-11(9-18)7-13(14)17/h3-8,19-20H,2,10H2,1H3. The van der Waals surface area contributed by atoms with Crippen molar-refractivity contribution in [1.82, 2.24) is 0 Å². The maximum atomic E-state index is 9.67. The van der Waals surface area contributed by atoms with Crippen molar-refractivity contribution in [1.29, 1.82) is 5.26 Å². The number of hydrogen-bond acceptors (Lipinski definition) is 4. The predicted molar refractivity (Wildman–Crippen MR) is 85.5 cm³/mol. The van der Waals surface area contributed by atoms with E-state index in [0.29, 0.717) is 24.5 Å². The fourth-order valence-electron chi connectivity index (χ4n) is 1.86. The number of phenolic OH excluding ortho intramolecular Hbond substituents is 1. The Labute approximate surface area is 132 Å². The molecule has 2 aromatic carbocycles. The number of hydrogen-bond donors (Lipinski definition) is 2. The third-order valence-corrected chi connectivity index (χ3v) is 3.56. The molecule has 2 N–H and O–H groups in total. The summed E-state index contributed by atoms with van der Waals surface area (Å²) in [6.45, 7) is 2.97. The van der Waals surface area contributed by atoms with Gasteiger partial charge in [0.1, 0.15) is 0 Å². The lowest BCUT2D eigenvalue weighted by molar-refractivity contribution is 0.318. The van der Waals surface area contributed by atoms with Crippen LogP contribution in [-0.2, 0) is 6.54 Å². The van der Waals surface area contributed by atoms with Gasteiger partial charge in [0.2, 0.25) is 0 Å². The number of phenols is 1. The Hall–Kier alpha value is -2.19. The molecule has 0 spiro atoms. The van der Waals surface area contributed by atoms with Crippen LogP contribution in [0.5, 0.6) is 11.5 Å². The number of nitriles is 1. The molecule has 108 valence electrons. The smallest absolute Gasteiger partial charge is 0.161 e. The Morgan fingerprint density at radius 2 is 2.10 bits per heavy atom. The van der Waals surface area contributed by atoms with Crippen LogP contribution in [0.25, 0.3) is 0 Å². The number of nitrogens with zero attached hydrogens (tertiary/aromatic N) is 1. The first-order chi connectivity index (χ1) is 10.1. The first-order valence-electron chi connectivity index (χ1n) is 6.52. The second-order valence-electron chi connectivity index (χ2n) is 4.40. The molecule has 0 fully saturated rings. The second-order valence-corrected chi connectivity index (χ2v) is 5.25. The highest BCUT2D eigenvalue weighted by atomic mass is 79.9. The average molecular weight is 347 g/mol. The summed E-state index contributed by atoms with van der Waals surface area (Å²) in [4.78, 5) is 0. The van der Waals surface area contributed by atoms with Crippen molar-refractivity contribution in [3.63, 3.8) is 0 Å². The topological polar surface area (TPSA) is 65.3 Å². The Bertz CT molecular complexity index is 680. The zero-order valence-electron chi connectivity index (χ0n) is 11.6. The van der Waals surface area contributed by atoms with E-state index in [-0.39, 0.29) is 5.75 Å². The molecule has 2 aromatic rings. The molecule has 2 rings (SSSR count). The Morgan fingerprint density at radius 3 is 2.76 bits per heavy atom. The molecule has 5 heteroatoms. The summed E-state index contributed by atoms with van der Waals surface area (Å²) in [5.74, 6) is 0.621. The van der Waals surface area contributed by atoms with Crippen LogP contribution in [0.1, 0.15) is 18.1 Å². The molecule has 0 atom stereocenters. The molecular weight excluding hydrogens is 332 g/mol. The lowest BCUT2D eigenvalue weighted by Gasteiger charge is -2.11. The molecule has 21 heavy (non-hydrogen) atoms. The molecule has 0 aliphatic heterocycles. The van der Waals surface area contributed by atoms with Gasteiger partial charge < -0.3 is 15.2 Å². The number of benzene rings is 2. The highest BCUT2D eigenvalue weighted by Crippen LogP contribution is 2.28. The van der Waals surface area contributed by atoms with Crippen LogP contribution in [0.4, 0.5) is 5.69 Å². The minimum absolute atomic E-state index is 0.139. The highest BCUT2D eigenvalue weighted by molar-refractivity contribution is 9.10. The maximum absolute atomic E-state index is 9.67. The van der Waals surface area contributed by atoms with E-state index in [1.807, 2.05) is 25.1 Å². The van der Waals surface area contributed by atoms with Crippen molar-refractivity contribution in [3.8, 4) is 17.6 Å². The van der Waals surface area contributed by atoms with Gasteiger partial charge in [-0.05, 0) is 58.7 Å². The summed E-state index contributed by atoms with van der Waals surface area (Å²) in [6, 6.07) is 12.7. The molecule has 0 radical (unpaired) electrons. The average Bonchev–Trinajstić information content (AvgIpc) is 2.49. The van der Waals surface area contributed by atoms with Gasteiger partial charge in [0.15, 0.2) is 11.5 Å². The fraction of sp³-hybridized carbons (Fsp3) is 0.188. The van der Waals surface area contributed by atoms with Gasteiger partial charge in [-0.2, -0.15) is 5.26 Å². The van der Waals surface area contributed by atoms with E-state index >= 15 is 0 Å². The zero-order valence-corrected chi connectivity index (χ0v) is 13.1. The van der Waals surface area contributed by atoms with Crippen molar-refractivity contribution in [2.24, 2.45) is 0 Å². The van der Waals surface area contributed by atoms with Crippen LogP contribution < -0.4 is 10.1 Å². The van der Waals surface area contributed by atoms with Gasteiger partial charge in [0.25, 0.3) is 0 Å². The fourth-order valence-corrected chi connectivity index (χ4v) is 2.38. The number of nitrogens with one attached hydrogen (secondary N) is 1. The van der Waals surface area contributed by atoms with Gasteiger partial charge in [-0.25, -0.2) is 0 Å². The van der Waals surface area contributed by atoms with Crippen molar-refractivity contribution in [2.45, 2.75) is 13.5 Å².